The minimum atomic E-state index is -3.93. The topological polar surface area (TPSA) is 44.8 Å². The summed E-state index contributed by atoms with van der Waals surface area (Å²) in [5.74, 6) is 1.17. The fourth-order valence-corrected chi connectivity index (χ4v) is 3.89. The van der Waals surface area contributed by atoms with Gasteiger partial charge in [0.25, 0.3) is 0 Å². The molecular weight excluding hydrogens is 371 g/mol. The highest BCUT2D eigenvalue weighted by Gasteiger charge is 2.33. The van der Waals surface area contributed by atoms with Crippen LogP contribution in [0, 0.1) is 0 Å². The second-order valence-corrected chi connectivity index (χ2v) is 7.67. The van der Waals surface area contributed by atoms with Crippen molar-refractivity contribution in [2.75, 3.05) is 0 Å². The molecule has 4 nitrogen and oxygen atoms in total. The number of phosphoric ester groups is 1. The fraction of sp³-hybridized carbons (Fsp3) is 0.130. The first-order valence-electron chi connectivity index (χ1n) is 9.14. The number of phosphoric acid groups is 1. The predicted molar refractivity (Wildman–Crippen MR) is 111 cm³/mol. The van der Waals surface area contributed by atoms with Crippen LogP contribution in [0.1, 0.15) is 18.4 Å². The quantitative estimate of drug-likeness (QED) is 0.280. The van der Waals surface area contributed by atoms with Crippen LogP contribution in [0.4, 0.5) is 0 Å². The van der Waals surface area contributed by atoms with Crippen LogP contribution in [-0.2, 0) is 15.5 Å². The lowest BCUT2D eigenvalue weighted by atomic mass is 10.1. The number of allylic oxidation sites excluding steroid dienone is 1. The van der Waals surface area contributed by atoms with E-state index in [0.717, 1.165) is 12.8 Å². The Morgan fingerprint density at radius 3 is 1.71 bits per heavy atom. The molecule has 3 aromatic rings. The van der Waals surface area contributed by atoms with Gasteiger partial charge in [0.1, 0.15) is 17.3 Å². The molecule has 0 fully saturated rings. The Kier molecular flexibility index (Phi) is 6.94. The van der Waals surface area contributed by atoms with E-state index in [0.29, 0.717) is 23.7 Å². The van der Waals surface area contributed by atoms with E-state index in [2.05, 4.69) is 18.7 Å². The summed E-state index contributed by atoms with van der Waals surface area (Å²) in [7, 11) is -3.93. The summed E-state index contributed by atoms with van der Waals surface area (Å²) < 4.78 is 30.1. The van der Waals surface area contributed by atoms with Gasteiger partial charge < -0.3 is 13.6 Å². The van der Waals surface area contributed by atoms with Crippen molar-refractivity contribution in [2.24, 2.45) is 0 Å². The third-order valence-electron chi connectivity index (χ3n) is 3.93. The Labute approximate surface area is 166 Å². The third-order valence-corrected chi connectivity index (χ3v) is 5.28. The Hall–Kier alpha value is -2.97. The van der Waals surface area contributed by atoms with E-state index < -0.39 is 7.82 Å². The van der Waals surface area contributed by atoms with Crippen molar-refractivity contribution in [2.45, 2.75) is 19.3 Å². The van der Waals surface area contributed by atoms with Crippen LogP contribution < -0.4 is 9.05 Å². The number of hydrogen-bond acceptors (Lipinski definition) is 4. The minimum Gasteiger partial charge on any atom is -0.391 e. The van der Waals surface area contributed by atoms with Gasteiger partial charge in [0.15, 0.2) is 0 Å². The highest BCUT2D eigenvalue weighted by molar-refractivity contribution is 7.49. The monoisotopic (exact) mass is 394 g/mol. The zero-order chi connectivity index (χ0) is 19.7. The van der Waals surface area contributed by atoms with Gasteiger partial charge >= 0.3 is 7.82 Å². The van der Waals surface area contributed by atoms with E-state index in [4.69, 9.17) is 13.6 Å². The van der Waals surface area contributed by atoms with Gasteiger partial charge in [-0.15, -0.1) is 0 Å². The summed E-state index contributed by atoms with van der Waals surface area (Å²) in [5, 5.41) is 0. The molecule has 0 heterocycles. The Morgan fingerprint density at radius 2 is 1.21 bits per heavy atom. The molecule has 0 aromatic heterocycles. The van der Waals surface area contributed by atoms with Crippen LogP contribution in [0.15, 0.2) is 103 Å². The van der Waals surface area contributed by atoms with E-state index in [1.807, 2.05) is 30.3 Å². The largest absolute Gasteiger partial charge is 0.646 e. The number of rotatable bonds is 10. The zero-order valence-electron chi connectivity index (χ0n) is 15.6. The van der Waals surface area contributed by atoms with E-state index in [9.17, 15) is 4.57 Å². The van der Waals surface area contributed by atoms with Gasteiger partial charge in [-0.1, -0.05) is 73.3 Å². The molecule has 0 spiro atoms. The highest BCUT2D eigenvalue weighted by atomic mass is 31.2. The number of aryl methyl sites for hydroxylation is 1. The molecule has 3 aromatic carbocycles. The normalized spacial score (nSPS) is 10.9. The van der Waals surface area contributed by atoms with Crippen LogP contribution in [0.3, 0.4) is 0 Å². The third kappa shape index (κ3) is 6.33. The van der Waals surface area contributed by atoms with Crippen LogP contribution in [-0.4, -0.2) is 0 Å². The molecule has 5 heteroatoms. The van der Waals surface area contributed by atoms with Gasteiger partial charge in [0.05, 0.1) is 0 Å². The summed E-state index contributed by atoms with van der Waals surface area (Å²) in [6.07, 6.45) is 2.25. The van der Waals surface area contributed by atoms with Gasteiger partial charge in [-0.3, -0.25) is 0 Å². The summed E-state index contributed by atoms with van der Waals surface area (Å²) >= 11 is 0. The summed E-state index contributed by atoms with van der Waals surface area (Å²) in [6.45, 7) is 3.90. The molecule has 0 bridgehead atoms. The lowest BCUT2D eigenvalue weighted by Gasteiger charge is -2.20. The Balaban J connectivity index is 1.64. The maximum atomic E-state index is 13.3. The number of para-hydroxylation sites is 2. The van der Waals surface area contributed by atoms with E-state index in [-0.39, 0.29) is 0 Å². The van der Waals surface area contributed by atoms with Gasteiger partial charge in [0, 0.05) is 6.42 Å². The standard InChI is InChI=1S/C23H23O4P/c1-20(12-11-15-21-13-5-2-6-14-21)25-28(24,26-22-16-7-3-8-17-22)27-23-18-9-4-10-19-23/h2-10,13-14,16-19H,1,11-12,15H2. The highest BCUT2D eigenvalue weighted by Crippen LogP contribution is 2.51. The average molecular weight is 394 g/mol. The van der Waals surface area contributed by atoms with Crippen LogP contribution in [0.25, 0.3) is 0 Å². The van der Waals surface area contributed by atoms with Gasteiger partial charge in [-0.05, 0) is 42.7 Å². The Bertz CT molecular complexity index is 866. The first-order valence-corrected chi connectivity index (χ1v) is 10.6. The first-order chi connectivity index (χ1) is 13.6. The summed E-state index contributed by atoms with van der Waals surface area (Å²) in [4.78, 5) is 0. The molecule has 0 radical (unpaired) electrons. The molecule has 144 valence electrons. The Morgan fingerprint density at radius 1 is 0.750 bits per heavy atom. The van der Waals surface area contributed by atoms with Crippen LogP contribution in [0.2, 0.25) is 0 Å². The number of hydrogen-bond donors (Lipinski definition) is 0. The van der Waals surface area contributed by atoms with E-state index in [1.165, 1.54) is 5.56 Å². The average Bonchev–Trinajstić information content (AvgIpc) is 2.70. The van der Waals surface area contributed by atoms with Crippen molar-refractivity contribution in [1.29, 1.82) is 0 Å². The molecule has 0 N–H and O–H groups in total. The van der Waals surface area contributed by atoms with Crippen molar-refractivity contribution in [3.05, 3.63) is 109 Å². The van der Waals surface area contributed by atoms with Gasteiger partial charge in [0.2, 0.25) is 0 Å². The second-order valence-electron chi connectivity index (χ2n) is 6.23. The summed E-state index contributed by atoms with van der Waals surface area (Å²) in [6, 6.07) is 27.8. The smallest absolute Gasteiger partial charge is 0.391 e. The molecule has 0 saturated carbocycles. The van der Waals surface area contributed by atoms with Crippen LogP contribution in [0.5, 0.6) is 11.5 Å². The molecule has 0 amide bonds. The fourth-order valence-electron chi connectivity index (χ4n) is 2.61. The minimum absolute atomic E-state index is 0.367. The number of benzene rings is 3. The lowest BCUT2D eigenvalue weighted by Crippen LogP contribution is -2.05. The van der Waals surface area contributed by atoms with E-state index >= 15 is 0 Å². The SMILES string of the molecule is C=C(CCCc1ccccc1)OP(=O)(Oc1ccccc1)Oc1ccccc1. The lowest BCUT2D eigenvalue weighted by molar-refractivity contribution is 0.251. The molecule has 0 aliphatic carbocycles. The van der Waals surface area contributed by atoms with Gasteiger partial charge in [-0.2, -0.15) is 4.57 Å². The molecule has 0 saturated heterocycles. The summed E-state index contributed by atoms with van der Waals surface area (Å²) in [5.41, 5.74) is 1.24. The molecule has 0 aliphatic rings. The molecule has 3 rings (SSSR count). The van der Waals surface area contributed by atoms with Crippen molar-refractivity contribution >= 4 is 7.82 Å². The maximum Gasteiger partial charge on any atom is 0.646 e. The maximum absolute atomic E-state index is 13.3. The molecule has 0 aliphatic heterocycles. The zero-order valence-corrected chi connectivity index (χ0v) is 16.5. The van der Waals surface area contributed by atoms with Crippen molar-refractivity contribution in [1.82, 2.24) is 0 Å². The van der Waals surface area contributed by atoms with Gasteiger partial charge in [-0.25, -0.2) is 0 Å². The van der Waals surface area contributed by atoms with Crippen molar-refractivity contribution in [3.8, 4) is 11.5 Å². The molecule has 0 atom stereocenters. The molecular formula is C23H23O4P. The van der Waals surface area contributed by atoms with Crippen molar-refractivity contribution < 1.29 is 18.1 Å². The van der Waals surface area contributed by atoms with Crippen LogP contribution >= 0.6 is 7.82 Å². The van der Waals surface area contributed by atoms with Crippen molar-refractivity contribution in [3.63, 3.8) is 0 Å². The molecule has 0 unspecified atom stereocenters. The second kappa shape index (κ2) is 9.82. The first kappa shape index (κ1) is 19.8. The molecule has 28 heavy (non-hydrogen) atoms. The van der Waals surface area contributed by atoms with E-state index in [1.54, 1.807) is 48.5 Å². The predicted octanol–water partition coefficient (Wildman–Crippen LogP) is 6.81.